The van der Waals surface area contributed by atoms with E-state index in [4.69, 9.17) is 0 Å². The number of benzene rings is 2. The van der Waals surface area contributed by atoms with Gasteiger partial charge in [0.15, 0.2) is 0 Å². The Balaban J connectivity index is 0.000000175. The van der Waals surface area contributed by atoms with Gasteiger partial charge in [0.1, 0.15) is 11.6 Å². The van der Waals surface area contributed by atoms with Crippen LogP contribution < -0.4 is 19.6 Å². The number of hydrogen-bond acceptors (Lipinski definition) is 2. The minimum atomic E-state index is -0.127. The lowest BCUT2D eigenvalue weighted by molar-refractivity contribution is -0.896. The molecule has 244 valence electrons. The van der Waals surface area contributed by atoms with Crippen molar-refractivity contribution in [2.75, 3.05) is 107 Å². The van der Waals surface area contributed by atoms with E-state index >= 15 is 0 Å². The Morgan fingerprint density at radius 3 is 1.36 bits per heavy atom. The molecule has 8 atom stereocenters. The molecule has 4 aliphatic rings. The molecule has 2 aromatic carbocycles. The van der Waals surface area contributed by atoms with E-state index in [0.29, 0.717) is 11.8 Å². The molecule has 0 spiro atoms. The van der Waals surface area contributed by atoms with E-state index in [0.717, 1.165) is 12.1 Å². The average Bonchev–Trinajstić information content (AvgIpc) is 3.70. The number of halogens is 2. The third-order valence-corrected chi connectivity index (χ3v) is 11.3. The molecule has 6 nitrogen and oxygen atoms in total. The summed E-state index contributed by atoms with van der Waals surface area (Å²) in [6, 6.07) is 15.8. The third-order valence-electron chi connectivity index (χ3n) is 11.3. The van der Waals surface area contributed by atoms with Gasteiger partial charge in [-0.05, 0) is 49.5 Å². The van der Waals surface area contributed by atoms with Crippen LogP contribution in [0.2, 0.25) is 0 Å². The predicted octanol–water partition coefficient (Wildman–Crippen LogP) is -1.17. The molecule has 4 N–H and O–H groups in total. The summed E-state index contributed by atoms with van der Waals surface area (Å²) in [5.74, 6) is 0.983. The van der Waals surface area contributed by atoms with Gasteiger partial charge in [0.25, 0.3) is 0 Å². The van der Waals surface area contributed by atoms with Crippen LogP contribution in [-0.4, -0.2) is 129 Å². The van der Waals surface area contributed by atoms with E-state index in [-0.39, 0.29) is 11.6 Å². The van der Waals surface area contributed by atoms with E-state index in [9.17, 15) is 8.78 Å². The number of piperazine rings is 2. The number of nitrogens with zero attached hydrogens (tertiary/aromatic N) is 2. The van der Waals surface area contributed by atoms with E-state index in [1.54, 1.807) is 43.9 Å². The van der Waals surface area contributed by atoms with E-state index in [1.165, 1.54) is 115 Å². The number of likely N-dealkylation sites (N-methyl/N-ethyl adjacent to an activating group) is 4. The van der Waals surface area contributed by atoms with Crippen LogP contribution in [0.5, 0.6) is 0 Å². The molecule has 4 aliphatic heterocycles. The molecule has 4 saturated heterocycles. The zero-order valence-corrected chi connectivity index (χ0v) is 27.9. The number of nitrogens with one attached hydrogen (secondary N) is 4. The Bertz CT molecular complexity index is 1040. The Hall–Kier alpha value is -1.94. The number of quaternary nitrogens is 4. The lowest BCUT2D eigenvalue weighted by Crippen LogP contribution is -3.13. The molecular weight excluding hydrogens is 554 g/mol. The van der Waals surface area contributed by atoms with E-state index in [1.807, 2.05) is 24.3 Å². The first-order valence-electron chi connectivity index (χ1n) is 17.4. The summed E-state index contributed by atoms with van der Waals surface area (Å²) >= 11 is 0. The summed E-state index contributed by atoms with van der Waals surface area (Å²) in [4.78, 5) is 11.9. The van der Waals surface area contributed by atoms with Crippen LogP contribution in [0, 0.1) is 11.6 Å². The van der Waals surface area contributed by atoms with Gasteiger partial charge in [-0.3, -0.25) is 9.80 Å². The van der Waals surface area contributed by atoms with Crippen LogP contribution in [-0.2, 0) is 0 Å². The number of rotatable bonds is 8. The molecular formula is C36H60F2N6+4. The maximum absolute atomic E-state index is 13.0. The van der Waals surface area contributed by atoms with Gasteiger partial charge in [-0.2, -0.15) is 0 Å². The Labute approximate surface area is 265 Å². The maximum Gasteiger partial charge on any atom is 0.123 e. The molecule has 0 aromatic heterocycles. The fraction of sp³-hybridized carbons (Fsp3) is 0.667. The van der Waals surface area contributed by atoms with E-state index in [2.05, 4.69) is 38.0 Å². The Kier molecular flexibility index (Phi) is 12.2. The average molecular weight is 615 g/mol. The highest BCUT2D eigenvalue weighted by molar-refractivity contribution is 5.21. The molecule has 0 radical (unpaired) electrons. The lowest BCUT2D eigenvalue weighted by Gasteiger charge is -2.35. The fourth-order valence-corrected chi connectivity index (χ4v) is 8.16. The highest BCUT2D eigenvalue weighted by atomic mass is 19.1. The monoisotopic (exact) mass is 614 g/mol. The second-order valence-corrected chi connectivity index (χ2v) is 14.7. The largest absolute Gasteiger partial charge is 0.335 e. The second-order valence-electron chi connectivity index (χ2n) is 14.7. The van der Waals surface area contributed by atoms with Gasteiger partial charge in [0.05, 0.1) is 91.6 Å². The van der Waals surface area contributed by atoms with Crippen molar-refractivity contribution in [1.29, 1.82) is 0 Å². The van der Waals surface area contributed by atoms with Gasteiger partial charge in [-0.1, -0.05) is 24.3 Å². The fourth-order valence-electron chi connectivity index (χ4n) is 8.16. The van der Waals surface area contributed by atoms with Crippen molar-refractivity contribution in [3.63, 3.8) is 0 Å². The van der Waals surface area contributed by atoms with Gasteiger partial charge in [-0.25, -0.2) is 8.78 Å². The normalized spacial score (nSPS) is 33.2. The van der Waals surface area contributed by atoms with Crippen LogP contribution >= 0.6 is 0 Å². The van der Waals surface area contributed by atoms with Crippen LogP contribution in [0.4, 0.5) is 8.78 Å². The Morgan fingerprint density at radius 2 is 0.977 bits per heavy atom. The van der Waals surface area contributed by atoms with Gasteiger partial charge >= 0.3 is 0 Å². The third kappa shape index (κ3) is 9.54. The van der Waals surface area contributed by atoms with Gasteiger partial charge < -0.3 is 19.6 Å². The molecule has 0 bridgehead atoms. The quantitative estimate of drug-likeness (QED) is 0.302. The van der Waals surface area contributed by atoms with Crippen LogP contribution in [0.3, 0.4) is 0 Å². The molecule has 4 heterocycles. The maximum atomic E-state index is 13.0. The summed E-state index contributed by atoms with van der Waals surface area (Å²) in [6.45, 7) is 15.1. The van der Waals surface area contributed by atoms with Crippen molar-refractivity contribution in [3.05, 3.63) is 71.3 Å². The van der Waals surface area contributed by atoms with Gasteiger partial charge in [0.2, 0.25) is 0 Å². The molecule has 6 unspecified atom stereocenters. The topological polar surface area (TPSA) is 24.2 Å². The van der Waals surface area contributed by atoms with Crippen LogP contribution in [0.1, 0.15) is 48.6 Å². The van der Waals surface area contributed by atoms with Crippen molar-refractivity contribution >= 4 is 0 Å². The molecule has 44 heavy (non-hydrogen) atoms. The molecule has 0 amide bonds. The van der Waals surface area contributed by atoms with Crippen molar-refractivity contribution in [2.45, 2.75) is 49.6 Å². The number of likely N-dealkylation sites (tertiary alicyclic amines) is 2. The summed E-state index contributed by atoms with van der Waals surface area (Å²) in [6.07, 6.45) is 5.10. The molecule has 2 aromatic rings. The summed E-state index contributed by atoms with van der Waals surface area (Å²) in [5, 5.41) is 0. The smallest absolute Gasteiger partial charge is 0.123 e. The summed E-state index contributed by atoms with van der Waals surface area (Å²) in [7, 11) is 9.18. The minimum Gasteiger partial charge on any atom is -0.335 e. The molecule has 0 saturated carbocycles. The van der Waals surface area contributed by atoms with Crippen LogP contribution in [0.25, 0.3) is 0 Å². The lowest BCUT2D eigenvalue weighted by atomic mass is 9.99. The summed E-state index contributed by atoms with van der Waals surface area (Å²) < 4.78 is 26.1. The highest BCUT2D eigenvalue weighted by Crippen LogP contribution is 2.21. The molecule has 4 fully saturated rings. The predicted molar refractivity (Wildman–Crippen MR) is 174 cm³/mol. The molecule has 8 heteroatoms. The highest BCUT2D eigenvalue weighted by Gasteiger charge is 2.32. The van der Waals surface area contributed by atoms with E-state index < -0.39 is 0 Å². The number of hydrogen-bond donors (Lipinski definition) is 4. The SMILES string of the molecule is CN1CC[NH+](C)CC1CC[NH+]1CCC(c2ccc(F)cc2)C1.CN1CC[NH+](C)C[C@H]1CC[NH+]1CC[C@H](c2ccc(F)cc2)C1. The zero-order valence-electron chi connectivity index (χ0n) is 27.9. The van der Waals surface area contributed by atoms with Gasteiger partial charge in [-0.15, -0.1) is 0 Å². The van der Waals surface area contributed by atoms with Crippen LogP contribution in [0.15, 0.2) is 48.5 Å². The van der Waals surface area contributed by atoms with Gasteiger partial charge in [0, 0.05) is 50.6 Å². The molecule has 0 aliphatic carbocycles. The first-order chi connectivity index (χ1) is 21.2. The van der Waals surface area contributed by atoms with Crippen molar-refractivity contribution in [1.82, 2.24) is 9.80 Å². The zero-order chi connectivity index (χ0) is 31.1. The standard InChI is InChI=1S/2C18H28FN3/c2*1-20-11-12-21(2)18(14-20)8-10-22-9-7-16(13-22)15-3-5-17(19)6-4-15/h2*3-6,16,18H,7-14H2,1-2H3/p+4/t16-,18+;/m0./s1. The van der Waals surface area contributed by atoms with Crippen molar-refractivity contribution in [3.8, 4) is 0 Å². The Morgan fingerprint density at radius 1 is 0.591 bits per heavy atom. The second kappa shape index (κ2) is 16.1. The summed E-state index contributed by atoms with van der Waals surface area (Å²) in [5.41, 5.74) is 2.63. The van der Waals surface area contributed by atoms with Crippen molar-refractivity contribution in [2.24, 2.45) is 0 Å². The molecule has 6 rings (SSSR count). The van der Waals surface area contributed by atoms with Crippen molar-refractivity contribution < 1.29 is 28.4 Å². The first kappa shape index (κ1) is 33.4. The first-order valence-corrected chi connectivity index (χ1v) is 17.4. The minimum absolute atomic E-state index is 0.127.